The van der Waals surface area contributed by atoms with Gasteiger partial charge in [-0.25, -0.2) is 14.6 Å². The Morgan fingerprint density at radius 2 is 1.69 bits per heavy atom. The summed E-state index contributed by atoms with van der Waals surface area (Å²) < 4.78 is 1.71. The Hall–Kier alpha value is -3.92. The standard InChI is InChI=1S/C26H29N9O/c1-32-12-14-33(15-13-32)21-16-23-25(28-17-21)24(30-18-29-23)19-4-9-34(10-5-19)26(36)22-6-11-35(31-22)20-2-7-27-8-3-20/h2-3,6-8,11,16-19H,4-5,9-10,12-15H2,1H3. The van der Waals surface area contributed by atoms with Crippen LogP contribution in [0.1, 0.15) is 34.9 Å². The fourth-order valence-corrected chi connectivity index (χ4v) is 5.09. The topological polar surface area (TPSA) is 96.2 Å². The number of amides is 1. The van der Waals surface area contributed by atoms with Gasteiger partial charge in [-0.1, -0.05) is 0 Å². The molecule has 2 fully saturated rings. The van der Waals surface area contributed by atoms with E-state index >= 15 is 0 Å². The number of piperidine rings is 1. The van der Waals surface area contributed by atoms with E-state index in [2.05, 4.69) is 43.0 Å². The summed E-state index contributed by atoms with van der Waals surface area (Å²) >= 11 is 0. The molecule has 1 amide bonds. The van der Waals surface area contributed by atoms with Crippen molar-refractivity contribution in [1.82, 2.24) is 39.5 Å². The number of carbonyl (C=O) groups excluding carboxylic acids is 1. The summed E-state index contributed by atoms with van der Waals surface area (Å²) in [7, 11) is 2.16. The van der Waals surface area contributed by atoms with Crippen LogP contribution in [0, 0.1) is 0 Å². The smallest absolute Gasteiger partial charge is 0.274 e. The average Bonchev–Trinajstić information content (AvgIpc) is 3.44. The second-order valence-corrected chi connectivity index (χ2v) is 9.53. The van der Waals surface area contributed by atoms with Crippen molar-refractivity contribution in [3.05, 3.63) is 66.8 Å². The van der Waals surface area contributed by atoms with E-state index in [1.807, 2.05) is 29.4 Å². The van der Waals surface area contributed by atoms with E-state index in [9.17, 15) is 4.79 Å². The summed E-state index contributed by atoms with van der Waals surface area (Å²) in [4.78, 5) is 37.7. The lowest BCUT2D eigenvalue weighted by atomic mass is 9.92. The highest BCUT2D eigenvalue weighted by atomic mass is 16.2. The van der Waals surface area contributed by atoms with Crippen LogP contribution in [0.4, 0.5) is 5.69 Å². The van der Waals surface area contributed by atoms with Crippen LogP contribution in [-0.4, -0.2) is 91.7 Å². The first-order valence-electron chi connectivity index (χ1n) is 12.5. The van der Waals surface area contributed by atoms with Crippen molar-refractivity contribution >= 4 is 22.6 Å². The zero-order valence-electron chi connectivity index (χ0n) is 20.4. The molecule has 2 saturated heterocycles. The number of anilines is 1. The number of nitrogens with zero attached hydrogens (tertiary/aromatic N) is 9. The Bertz CT molecular complexity index is 1360. The Balaban J connectivity index is 1.14. The van der Waals surface area contributed by atoms with Gasteiger partial charge < -0.3 is 14.7 Å². The minimum atomic E-state index is -0.0382. The van der Waals surface area contributed by atoms with Crippen LogP contribution in [-0.2, 0) is 0 Å². The first-order chi connectivity index (χ1) is 17.7. The number of aromatic nitrogens is 6. The molecule has 6 heterocycles. The lowest BCUT2D eigenvalue weighted by Crippen LogP contribution is -2.44. The maximum Gasteiger partial charge on any atom is 0.274 e. The van der Waals surface area contributed by atoms with Crippen molar-refractivity contribution in [3.63, 3.8) is 0 Å². The van der Waals surface area contributed by atoms with Gasteiger partial charge in [0, 0.05) is 63.8 Å². The van der Waals surface area contributed by atoms with Crippen molar-refractivity contribution < 1.29 is 4.79 Å². The molecular formula is C26H29N9O. The number of likely N-dealkylation sites (tertiary alicyclic amines) is 1. The molecule has 10 nitrogen and oxygen atoms in total. The van der Waals surface area contributed by atoms with Gasteiger partial charge in [-0.2, -0.15) is 5.10 Å². The largest absolute Gasteiger partial charge is 0.368 e. The van der Waals surface area contributed by atoms with Crippen LogP contribution in [0.15, 0.2) is 55.4 Å². The van der Waals surface area contributed by atoms with Crippen molar-refractivity contribution in [2.75, 3.05) is 51.2 Å². The van der Waals surface area contributed by atoms with Gasteiger partial charge in [0.05, 0.1) is 28.8 Å². The molecule has 2 aliphatic heterocycles. The second-order valence-electron chi connectivity index (χ2n) is 9.53. The monoisotopic (exact) mass is 483 g/mol. The third-order valence-electron chi connectivity index (χ3n) is 7.26. The minimum Gasteiger partial charge on any atom is -0.368 e. The predicted octanol–water partition coefficient (Wildman–Crippen LogP) is 2.38. The lowest BCUT2D eigenvalue weighted by molar-refractivity contribution is 0.0706. The maximum atomic E-state index is 13.1. The zero-order valence-corrected chi connectivity index (χ0v) is 20.4. The van der Waals surface area contributed by atoms with E-state index in [1.165, 1.54) is 0 Å². The molecule has 10 heteroatoms. The van der Waals surface area contributed by atoms with Gasteiger partial charge in [0.1, 0.15) is 11.8 Å². The Morgan fingerprint density at radius 3 is 2.47 bits per heavy atom. The van der Waals surface area contributed by atoms with Crippen LogP contribution in [0.3, 0.4) is 0 Å². The van der Waals surface area contributed by atoms with Gasteiger partial charge in [0.15, 0.2) is 5.69 Å². The minimum absolute atomic E-state index is 0.0382. The summed E-state index contributed by atoms with van der Waals surface area (Å²) in [6, 6.07) is 7.63. The number of carbonyl (C=O) groups is 1. The first kappa shape index (κ1) is 22.5. The summed E-state index contributed by atoms with van der Waals surface area (Å²) in [5.74, 6) is 0.208. The molecule has 0 atom stereocenters. The third-order valence-corrected chi connectivity index (χ3v) is 7.26. The SMILES string of the molecule is CN1CCN(c2cnc3c(C4CCN(C(=O)c5ccn(-c6ccncc6)n5)CC4)ncnc3c2)CC1. The molecular weight excluding hydrogens is 454 g/mol. The van der Waals surface area contributed by atoms with E-state index < -0.39 is 0 Å². The normalized spacial score (nSPS) is 17.6. The second kappa shape index (κ2) is 9.62. The molecule has 184 valence electrons. The molecule has 0 aromatic carbocycles. The lowest BCUT2D eigenvalue weighted by Gasteiger charge is -2.34. The molecule has 0 spiro atoms. The van der Waals surface area contributed by atoms with Gasteiger partial charge in [-0.05, 0) is 44.2 Å². The Morgan fingerprint density at radius 1 is 0.917 bits per heavy atom. The molecule has 6 rings (SSSR count). The zero-order chi connectivity index (χ0) is 24.5. The molecule has 36 heavy (non-hydrogen) atoms. The summed E-state index contributed by atoms with van der Waals surface area (Å²) in [5, 5.41) is 4.49. The van der Waals surface area contributed by atoms with Crippen LogP contribution >= 0.6 is 0 Å². The van der Waals surface area contributed by atoms with Gasteiger partial charge in [0.2, 0.25) is 0 Å². The van der Waals surface area contributed by atoms with Crippen LogP contribution in [0.5, 0.6) is 0 Å². The molecule has 0 bridgehead atoms. The number of hydrogen-bond acceptors (Lipinski definition) is 8. The Labute approximate surface area is 209 Å². The molecule has 2 aliphatic rings. The molecule has 0 unspecified atom stereocenters. The predicted molar refractivity (Wildman–Crippen MR) is 136 cm³/mol. The van der Waals surface area contributed by atoms with Crippen molar-refractivity contribution in [3.8, 4) is 5.69 Å². The van der Waals surface area contributed by atoms with E-state index in [0.717, 1.165) is 67.1 Å². The number of hydrogen-bond donors (Lipinski definition) is 0. The van der Waals surface area contributed by atoms with Gasteiger partial charge in [-0.3, -0.25) is 14.8 Å². The summed E-state index contributed by atoms with van der Waals surface area (Å²) in [6.45, 7) is 5.42. The fraction of sp³-hybridized carbons (Fsp3) is 0.385. The van der Waals surface area contributed by atoms with Gasteiger partial charge in [-0.15, -0.1) is 0 Å². The number of rotatable bonds is 4. The molecule has 0 aliphatic carbocycles. The average molecular weight is 484 g/mol. The van der Waals surface area contributed by atoms with E-state index in [4.69, 9.17) is 4.98 Å². The fourth-order valence-electron chi connectivity index (χ4n) is 5.09. The summed E-state index contributed by atoms with van der Waals surface area (Å²) in [5.41, 5.74) is 5.19. The Kier molecular flexibility index (Phi) is 6.02. The van der Waals surface area contributed by atoms with Crippen molar-refractivity contribution in [2.24, 2.45) is 0 Å². The number of pyridine rings is 2. The van der Waals surface area contributed by atoms with Crippen LogP contribution in [0.25, 0.3) is 16.7 Å². The molecule has 4 aromatic rings. The van der Waals surface area contributed by atoms with Gasteiger partial charge >= 0.3 is 0 Å². The number of fused-ring (bicyclic) bond motifs is 1. The third kappa shape index (κ3) is 4.39. The quantitative estimate of drug-likeness (QED) is 0.437. The highest BCUT2D eigenvalue weighted by Crippen LogP contribution is 2.31. The van der Waals surface area contributed by atoms with E-state index in [1.54, 1.807) is 29.5 Å². The van der Waals surface area contributed by atoms with Crippen LogP contribution in [0.2, 0.25) is 0 Å². The molecule has 0 N–H and O–H groups in total. The number of likely N-dealkylation sites (N-methyl/N-ethyl adjacent to an activating group) is 1. The maximum absolute atomic E-state index is 13.1. The van der Waals surface area contributed by atoms with Gasteiger partial charge in [0.25, 0.3) is 5.91 Å². The summed E-state index contributed by atoms with van der Waals surface area (Å²) in [6.07, 6.45) is 10.5. The highest BCUT2D eigenvalue weighted by Gasteiger charge is 2.28. The van der Waals surface area contributed by atoms with Crippen LogP contribution < -0.4 is 4.90 Å². The highest BCUT2D eigenvalue weighted by molar-refractivity contribution is 5.92. The molecule has 0 saturated carbocycles. The molecule has 4 aromatic heterocycles. The first-order valence-corrected chi connectivity index (χ1v) is 12.5. The van der Waals surface area contributed by atoms with Crippen molar-refractivity contribution in [1.29, 1.82) is 0 Å². The van der Waals surface area contributed by atoms with Crippen molar-refractivity contribution in [2.45, 2.75) is 18.8 Å². The number of piperazine rings is 1. The van der Waals surface area contributed by atoms with E-state index in [0.29, 0.717) is 18.8 Å². The van der Waals surface area contributed by atoms with E-state index in [-0.39, 0.29) is 11.8 Å². The molecule has 0 radical (unpaired) electrons.